The molecule has 25 heavy (non-hydrogen) atoms. The minimum Gasteiger partial charge on any atom is -0.462 e. The minimum atomic E-state index is -3.44. The second kappa shape index (κ2) is 6.81. The van der Waals surface area contributed by atoms with Crippen molar-refractivity contribution in [1.29, 1.82) is 0 Å². The zero-order valence-electron chi connectivity index (χ0n) is 13.6. The second-order valence-corrected chi connectivity index (χ2v) is 8.70. The number of anilines is 1. The maximum Gasteiger partial charge on any atom is 0.275 e. The zero-order chi connectivity index (χ0) is 18.0. The van der Waals surface area contributed by atoms with E-state index in [2.05, 4.69) is 10.3 Å². The molecule has 3 rings (SSSR count). The van der Waals surface area contributed by atoms with Gasteiger partial charge in [-0.15, -0.1) is 11.3 Å². The first-order valence-corrected chi connectivity index (χ1v) is 10.0. The summed E-state index contributed by atoms with van der Waals surface area (Å²) in [6.07, 6.45) is 1.54. The van der Waals surface area contributed by atoms with Gasteiger partial charge in [0.2, 0.25) is 0 Å². The molecule has 0 saturated carbocycles. The molecule has 0 radical (unpaired) electrons. The van der Waals surface area contributed by atoms with Gasteiger partial charge in [0.05, 0.1) is 22.6 Å². The van der Waals surface area contributed by atoms with Gasteiger partial charge in [-0.05, 0) is 31.2 Å². The molecule has 6 nitrogen and oxygen atoms in total. The maximum atomic E-state index is 12.6. The molecule has 0 fully saturated rings. The lowest BCUT2D eigenvalue weighted by atomic mass is 10.3. The third-order valence-electron chi connectivity index (χ3n) is 3.59. The molecule has 0 bridgehead atoms. The predicted octanol–water partition coefficient (Wildman–Crippen LogP) is 3.76. The summed E-state index contributed by atoms with van der Waals surface area (Å²) in [5.74, 6) is 0.0875. The second-order valence-electron chi connectivity index (χ2n) is 5.25. The fourth-order valence-electron chi connectivity index (χ4n) is 2.29. The molecule has 1 N–H and O–H groups in total. The fraction of sp³-hybridized carbons (Fsp3) is 0.176. The molecule has 1 amide bonds. The Balaban J connectivity index is 1.92. The smallest absolute Gasteiger partial charge is 0.275 e. The van der Waals surface area contributed by atoms with Crippen molar-refractivity contribution in [3.8, 4) is 10.8 Å². The van der Waals surface area contributed by atoms with E-state index in [1.807, 2.05) is 0 Å². The van der Waals surface area contributed by atoms with Crippen LogP contribution in [0.4, 0.5) is 5.69 Å². The van der Waals surface area contributed by atoms with Gasteiger partial charge in [-0.2, -0.15) is 0 Å². The highest BCUT2D eigenvalue weighted by molar-refractivity contribution is 7.91. The summed E-state index contributed by atoms with van der Waals surface area (Å²) in [5.41, 5.74) is 0.501. The number of furan rings is 1. The Morgan fingerprint density at radius 3 is 2.68 bits per heavy atom. The number of carbonyl (C=O) groups excluding carboxylic acids is 1. The largest absolute Gasteiger partial charge is 0.462 e. The Bertz CT molecular complexity index is 1010. The molecule has 0 aliphatic carbocycles. The van der Waals surface area contributed by atoms with Gasteiger partial charge in [0.15, 0.2) is 20.6 Å². The van der Waals surface area contributed by atoms with Crippen LogP contribution in [0, 0.1) is 6.92 Å². The number of nitrogens with zero attached hydrogens (tertiary/aromatic N) is 1. The zero-order valence-corrected chi connectivity index (χ0v) is 15.3. The van der Waals surface area contributed by atoms with E-state index in [9.17, 15) is 13.2 Å². The Morgan fingerprint density at radius 2 is 2.00 bits per heavy atom. The highest BCUT2D eigenvalue weighted by atomic mass is 32.2. The van der Waals surface area contributed by atoms with Gasteiger partial charge in [0, 0.05) is 4.88 Å². The van der Waals surface area contributed by atoms with Crippen LogP contribution in [0.15, 0.2) is 52.0 Å². The number of hydrogen-bond donors (Lipinski definition) is 1. The lowest BCUT2D eigenvalue weighted by molar-refractivity contribution is 0.102. The summed E-state index contributed by atoms with van der Waals surface area (Å²) in [4.78, 5) is 17.7. The van der Waals surface area contributed by atoms with Crippen LogP contribution in [0.2, 0.25) is 0 Å². The van der Waals surface area contributed by atoms with Gasteiger partial charge in [-0.1, -0.05) is 19.1 Å². The molecule has 2 aromatic heterocycles. The number of aromatic nitrogens is 1. The molecule has 130 valence electrons. The number of thiazole rings is 1. The number of amides is 1. The minimum absolute atomic E-state index is 0.0434. The molecule has 2 heterocycles. The SMILES string of the molecule is CCS(=O)(=O)c1ccccc1NC(=O)c1nc(-c2ccco2)sc1C. The number of nitrogens with one attached hydrogen (secondary N) is 1. The molecule has 0 saturated heterocycles. The van der Waals surface area contributed by atoms with E-state index >= 15 is 0 Å². The summed E-state index contributed by atoms with van der Waals surface area (Å²) in [7, 11) is -3.44. The van der Waals surface area contributed by atoms with Gasteiger partial charge < -0.3 is 9.73 Å². The van der Waals surface area contributed by atoms with Crippen molar-refractivity contribution < 1.29 is 17.6 Å². The summed E-state index contributed by atoms with van der Waals surface area (Å²) in [6.45, 7) is 3.35. The van der Waals surface area contributed by atoms with E-state index < -0.39 is 15.7 Å². The lowest BCUT2D eigenvalue weighted by Gasteiger charge is -2.10. The molecule has 1 aromatic carbocycles. The number of hydrogen-bond acceptors (Lipinski definition) is 6. The van der Waals surface area contributed by atoms with E-state index in [-0.39, 0.29) is 22.0 Å². The lowest BCUT2D eigenvalue weighted by Crippen LogP contribution is -2.16. The first-order valence-electron chi connectivity index (χ1n) is 7.57. The quantitative estimate of drug-likeness (QED) is 0.732. The van der Waals surface area contributed by atoms with Gasteiger partial charge in [-0.25, -0.2) is 13.4 Å². The average Bonchev–Trinajstić information content (AvgIpc) is 3.24. The van der Waals surface area contributed by atoms with E-state index in [4.69, 9.17) is 4.42 Å². The van der Waals surface area contributed by atoms with Crippen molar-refractivity contribution in [1.82, 2.24) is 4.98 Å². The molecule has 0 aliphatic rings. The van der Waals surface area contributed by atoms with E-state index in [1.54, 1.807) is 44.2 Å². The third-order valence-corrected chi connectivity index (χ3v) is 6.37. The van der Waals surface area contributed by atoms with Crippen molar-refractivity contribution in [3.63, 3.8) is 0 Å². The summed E-state index contributed by atoms with van der Waals surface area (Å²) in [6, 6.07) is 9.86. The molecular formula is C17H16N2O4S2. The van der Waals surface area contributed by atoms with E-state index in [0.29, 0.717) is 10.8 Å². The van der Waals surface area contributed by atoms with Crippen LogP contribution < -0.4 is 5.32 Å². The summed E-state index contributed by atoms with van der Waals surface area (Å²) >= 11 is 1.34. The Hall–Kier alpha value is -2.45. The average molecular weight is 376 g/mol. The first-order chi connectivity index (χ1) is 11.9. The maximum absolute atomic E-state index is 12.6. The molecule has 0 spiro atoms. The van der Waals surface area contributed by atoms with Gasteiger partial charge in [0.25, 0.3) is 5.91 Å². The van der Waals surface area contributed by atoms with Gasteiger partial charge >= 0.3 is 0 Å². The van der Waals surface area contributed by atoms with Crippen LogP contribution in [0.5, 0.6) is 0 Å². The van der Waals surface area contributed by atoms with Crippen molar-refractivity contribution in [2.24, 2.45) is 0 Å². The van der Waals surface area contributed by atoms with Crippen LogP contribution in [0.1, 0.15) is 22.3 Å². The Kier molecular flexibility index (Phi) is 4.73. The van der Waals surface area contributed by atoms with Crippen molar-refractivity contribution in [2.75, 3.05) is 11.1 Å². The highest BCUT2D eigenvalue weighted by Crippen LogP contribution is 2.29. The van der Waals surface area contributed by atoms with Gasteiger partial charge in [0.1, 0.15) is 5.69 Å². The standard InChI is InChI=1S/C17H16N2O4S2/c1-3-25(21,22)14-9-5-4-7-12(14)18-16(20)15-11(2)24-17(19-15)13-8-6-10-23-13/h4-10H,3H2,1-2H3,(H,18,20). The summed E-state index contributed by atoms with van der Waals surface area (Å²) in [5, 5.41) is 3.26. The topological polar surface area (TPSA) is 89.3 Å². The van der Waals surface area contributed by atoms with Crippen molar-refractivity contribution in [2.45, 2.75) is 18.7 Å². The normalized spacial score (nSPS) is 11.4. The monoisotopic (exact) mass is 376 g/mol. The van der Waals surface area contributed by atoms with Crippen LogP contribution in [-0.2, 0) is 9.84 Å². The Morgan fingerprint density at radius 1 is 1.24 bits per heavy atom. The first kappa shape index (κ1) is 17.4. The molecule has 0 aliphatic heterocycles. The van der Waals surface area contributed by atoms with Crippen molar-refractivity contribution in [3.05, 3.63) is 53.2 Å². The van der Waals surface area contributed by atoms with E-state index in [1.165, 1.54) is 23.7 Å². The van der Waals surface area contributed by atoms with Gasteiger partial charge in [-0.3, -0.25) is 4.79 Å². The number of carbonyl (C=O) groups is 1. The van der Waals surface area contributed by atoms with Crippen LogP contribution in [-0.4, -0.2) is 25.1 Å². The number of rotatable bonds is 5. The number of benzene rings is 1. The Labute approximate surface area is 149 Å². The highest BCUT2D eigenvalue weighted by Gasteiger charge is 2.21. The summed E-state index contributed by atoms with van der Waals surface area (Å²) < 4.78 is 29.7. The van der Waals surface area contributed by atoms with Crippen LogP contribution in [0.25, 0.3) is 10.8 Å². The predicted molar refractivity (Wildman–Crippen MR) is 96.7 cm³/mol. The number of aryl methyl sites for hydroxylation is 1. The molecule has 0 atom stereocenters. The molecule has 3 aromatic rings. The van der Waals surface area contributed by atoms with Crippen LogP contribution >= 0.6 is 11.3 Å². The number of sulfone groups is 1. The van der Waals surface area contributed by atoms with E-state index in [0.717, 1.165) is 4.88 Å². The van der Waals surface area contributed by atoms with Crippen molar-refractivity contribution >= 4 is 32.8 Å². The number of para-hydroxylation sites is 1. The third kappa shape index (κ3) is 3.49. The van der Waals surface area contributed by atoms with Crippen LogP contribution in [0.3, 0.4) is 0 Å². The molecule has 8 heteroatoms. The fourth-order valence-corrected chi connectivity index (χ4v) is 4.22. The molecular weight excluding hydrogens is 360 g/mol. The molecule has 0 unspecified atom stereocenters.